The minimum Gasteiger partial charge on any atom is -0.350 e. The first-order valence-corrected chi connectivity index (χ1v) is 10.3. The average Bonchev–Trinajstić information content (AvgIpc) is 3.14. The van der Waals surface area contributed by atoms with E-state index in [2.05, 4.69) is 45.0 Å². The van der Waals surface area contributed by atoms with Crippen molar-refractivity contribution in [2.45, 2.75) is 39.7 Å². The molecule has 7 heteroatoms. The Hall–Kier alpha value is -2.80. The fourth-order valence-electron chi connectivity index (χ4n) is 2.79. The Labute approximate surface area is 168 Å². The lowest BCUT2D eigenvalue weighted by Gasteiger charge is -2.08. The molecule has 0 spiro atoms. The number of aromatic nitrogens is 3. The normalized spacial score (nSPS) is 10.8. The molecule has 0 unspecified atom stereocenters. The number of nitrogens with zero attached hydrogens (tertiary/aromatic N) is 3. The van der Waals surface area contributed by atoms with Crippen molar-refractivity contribution >= 4 is 17.2 Å². The van der Waals surface area contributed by atoms with Gasteiger partial charge in [0.15, 0.2) is 0 Å². The molecule has 28 heavy (non-hydrogen) atoms. The van der Waals surface area contributed by atoms with Gasteiger partial charge in [-0.15, -0.1) is 11.3 Å². The topological polar surface area (TPSA) is 76.9 Å². The van der Waals surface area contributed by atoms with Crippen LogP contribution in [0.5, 0.6) is 0 Å². The van der Waals surface area contributed by atoms with Crippen LogP contribution in [0.15, 0.2) is 46.6 Å². The van der Waals surface area contributed by atoms with E-state index < -0.39 is 0 Å². The smallest absolute Gasteiger partial charge is 0.271 e. The van der Waals surface area contributed by atoms with Gasteiger partial charge in [-0.1, -0.05) is 37.6 Å². The number of rotatable bonds is 8. The molecule has 0 aliphatic rings. The Morgan fingerprint density at radius 1 is 1.18 bits per heavy atom. The lowest BCUT2D eigenvalue weighted by Crippen LogP contribution is -2.30. The van der Waals surface area contributed by atoms with Crippen LogP contribution in [-0.4, -0.2) is 27.2 Å². The summed E-state index contributed by atoms with van der Waals surface area (Å²) in [6, 6.07) is 11.1. The molecule has 1 N–H and O–H groups in total. The number of nitrogens with one attached hydrogen (secondary N) is 1. The van der Waals surface area contributed by atoms with Gasteiger partial charge in [0, 0.05) is 30.1 Å². The highest BCUT2D eigenvalue weighted by molar-refractivity contribution is 7.09. The number of hydrogen-bond donors (Lipinski definition) is 1. The van der Waals surface area contributed by atoms with Crippen molar-refractivity contribution in [2.24, 2.45) is 0 Å². The second-order valence-electron chi connectivity index (χ2n) is 6.59. The molecule has 3 aromatic rings. The summed E-state index contributed by atoms with van der Waals surface area (Å²) in [5, 5.41) is 10.1. The van der Waals surface area contributed by atoms with Crippen LogP contribution in [0.25, 0.3) is 11.3 Å². The first-order valence-electron chi connectivity index (χ1n) is 9.44. The highest BCUT2D eigenvalue weighted by Crippen LogP contribution is 2.21. The van der Waals surface area contributed by atoms with Crippen molar-refractivity contribution in [3.63, 3.8) is 0 Å². The maximum Gasteiger partial charge on any atom is 0.271 e. The molecule has 0 aliphatic carbocycles. The van der Waals surface area contributed by atoms with Crippen molar-refractivity contribution in [1.82, 2.24) is 20.1 Å². The molecular formula is C21H24N4O2S. The number of aryl methyl sites for hydroxylation is 2. The van der Waals surface area contributed by atoms with Gasteiger partial charge in [0.2, 0.25) is 0 Å². The molecule has 1 amide bonds. The van der Waals surface area contributed by atoms with Crippen molar-refractivity contribution in [2.75, 3.05) is 6.54 Å². The monoisotopic (exact) mass is 396 g/mol. The maximum absolute atomic E-state index is 12.3. The Bertz CT molecular complexity index is 992. The molecule has 0 aliphatic heterocycles. The molecule has 1 aromatic carbocycles. The molecule has 146 valence electrons. The number of carbonyl (C=O) groups is 1. The van der Waals surface area contributed by atoms with Crippen LogP contribution in [0.1, 0.15) is 40.8 Å². The highest BCUT2D eigenvalue weighted by atomic mass is 32.1. The standard InChI is InChI=1S/C21H24N4O2S/c1-3-4-13-25-20(26)10-9-18(24-25)21(27)22-12-11-16-5-7-17(8-6-16)19-14-28-15(2)23-19/h5-10,14H,3-4,11-13H2,1-2H3,(H,22,27). The zero-order chi connectivity index (χ0) is 19.9. The molecule has 0 atom stereocenters. The van der Waals surface area contributed by atoms with Crippen LogP contribution >= 0.6 is 11.3 Å². The third-order valence-corrected chi connectivity index (χ3v) is 5.16. The summed E-state index contributed by atoms with van der Waals surface area (Å²) in [6.07, 6.45) is 2.54. The summed E-state index contributed by atoms with van der Waals surface area (Å²) in [5.41, 5.74) is 3.31. The summed E-state index contributed by atoms with van der Waals surface area (Å²) in [5.74, 6) is -0.264. The summed E-state index contributed by atoms with van der Waals surface area (Å²) in [7, 11) is 0. The molecule has 0 saturated heterocycles. The fourth-order valence-corrected chi connectivity index (χ4v) is 3.41. The van der Waals surface area contributed by atoms with E-state index in [4.69, 9.17) is 0 Å². The maximum atomic E-state index is 12.3. The highest BCUT2D eigenvalue weighted by Gasteiger charge is 2.09. The quantitative estimate of drug-likeness (QED) is 0.633. The molecule has 6 nitrogen and oxygen atoms in total. The number of hydrogen-bond acceptors (Lipinski definition) is 5. The van der Waals surface area contributed by atoms with Crippen LogP contribution in [-0.2, 0) is 13.0 Å². The number of benzene rings is 1. The van der Waals surface area contributed by atoms with E-state index in [0.717, 1.165) is 41.1 Å². The van der Waals surface area contributed by atoms with E-state index >= 15 is 0 Å². The SMILES string of the molecule is CCCCn1nc(C(=O)NCCc2ccc(-c3csc(C)n3)cc2)ccc1=O. The lowest BCUT2D eigenvalue weighted by molar-refractivity contribution is 0.0946. The predicted molar refractivity (Wildman–Crippen MR) is 112 cm³/mol. The minimum atomic E-state index is -0.264. The second kappa shape index (κ2) is 9.41. The van der Waals surface area contributed by atoms with Crippen LogP contribution in [0.3, 0.4) is 0 Å². The molecule has 2 heterocycles. The molecular weight excluding hydrogens is 372 g/mol. The zero-order valence-corrected chi connectivity index (χ0v) is 17.0. The van der Waals surface area contributed by atoms with Gasteiger partial charge in [-0.05, 0) is 31.4 Å². The zero-order valence-electron chi connectivity index (χ0n) is 16.1. The van der Waals surface area contributed by atoms with Crippen LogP contribution < -0.4 is 10.9 Å². The van der Waals surface area contributed by atoms with Crippen LogP contribution in [0, 0.1) is 6.92 Å². The van der Waals surface area contributed by atoms with E-state index in [-0.39, 0.29) is 17.2 Å². The van der Waals surface area contributed by atoms with Gasteiger partial charge in [-0.25, -0.2) is 9.67 Å². The second-order valence-corrected chi connectivity index (χ2v) is 7.65. The van der Waals surface area contributed by atoms with Crippen LogP contribution in [0.4, 0.5) is 0 Å². The third kappa shape index (κ3) is 5.13. The summed E-state index contributed by atoms with van der Waals surface area (Å²) in [6.45, 7) is 5.08. The first kappa shape index (κ1) is 19.9. The number of carbonyl (C=O) groups excluding carboxylic acids is 1. The van der Waals surface area contributed by atoms with Crippen molar-refractivity contribution in [3.8, 4) is 11.3 Å². The van der Waals surface area contributed by atoms with E-state index in [0.29, 0.717) is 13.1 Å². The van der Waals surface area contributed by atoms with Gasteiger partial charge in [0.25, 0.3) is 11.5 Å². The van der Waals surface area contributed by atoms with Gasteiger partial charge in [0.1, 0.15) is 5.69 Å². The third-order valence-electron chi connectivity index (χ3n) is 4.39. The number of unbranched alkanes of at least 4 members (excludes halogenated alkanes) is 1. The summed E-state index contributed by atoms with van der Waals surface area (Å²) >= 11 is 1.64. The fraction of sp³-hybridized carbons (Fsp3) is 0.333. The van der Waals surface area contributed by atoms with E-state index in [9.17, 15) is 9.59 Å². The Morgan fingerprint density at radius 2 is 1.96 bits per heavy atom. The molecule has 0 fully saturated rings. The van der Waals surface area contributed by atoms with Gasteiger partial charge >= 0.3 is 0 Å². The Morgan fingerprint density at radius 3 is 2.64 bits per heavy atom. The number of amides is 1. The summed E-state index contributed by atoms with van der Waals surface area (Å²) < 4.78 is 1.36. The van der Waals surface area contributed by atoms with Crippen molar-refractivity contribution in [1.29, 1.82) is 0 Å². The van der Waals surface area contributed by atoms with Gasteiger partial charge in [0.05, 0.1) is 10.7 Å². The molecule has 0 radical (unpaired) electrons. The molecule has 3 rings (SSSR count). The van der Waals surface area contributed by atoms with E-state index in [1.807, 2.05) is 13.8 Å². The minimum absolute atomic E-state index is 0.180. The van der Waals surface area contributed by atoms with Crippen LogP contribution in [0.2, 0.25) is 0 Å². The first-order chi connectivity index (χ1) is 13.6. The van der Waals surface area contributed by atoms with Crippen molar-refractivity contribution < 1.29 is 4.79 Å². The predicted octanol–water partition coefficient (Wildman–Crippen LogP) is 3.45. The Balaban J connectivity index is 1.54. The van der Waals surface area contributed by atoms with Gasteiger partial charge in [-0.3, -0.25) is 9.59 Å². The van der Waals surface area contributed by atoms with Gasteiger partial charge < -0.3 is 5.32 Å². The average molecular weight is 397 g/mol. The number of thiazole rings is 1. The molecule has 0 saturated carbocycles. The summed E-state index contributed by atoms with van der Waals surface area (Å²) in [4.78, 5) is 28.6. The largest absolute Gasteiger partial charge is 0.350 e. The Kier molecular flexibility index (Phi) is 6.71. The lowest BCUT2D eigenvalue weighted by atomic mass is 10.1. The molecule has 0 bridgehead atoms. The molecule has 2 aromatic heterocycles. The van der Waals surface area contributed by atoms with E-state index in [1.165, 1.54) is 16.8 Å². The van der Waals surface area contributed by atoms with Crippen molar-refractivity contribution in [3.05, 3.63) is 68.4 Å². The van der Waals surface area contributed by atoms with E-state index in [1.54, 1.807) is 11.3 Å². The van der Waals surface area contributed by atoms with Gasteiger partial charge in [-0.2, -0.15) is 5.10 Å².